The number of hydrogen-bond donors (Lipinski definition) is 0. The van der Waals surface area contributed by atoms with E-state index in [0.29, 0.717) is 0 Å². The second-order valence-electron chi connectivity index (χ2n) is 29.9. The molecule has 2 nitrogen and oxygen atoms in total. The second-order valence-corrected chi connectivity index (χ2v) is 29.9. The zero-order valence-corrected chi connectivity index (χ0v) is 52.3. The fourth-order valence-electron chi connectivity index (χ4n) is 15.1. The first kappa shape index (κ1) is 54.9. The van der Waals surface area contributed by atoms with Crippen LogP contribution in [0, 0.1) is 0 Å². The van der Waals surface area contributed by atoms with Gasteiger partial charge in [-0.25, -0.2) is 0 Å². The lowest BCUT2D eigenvalue weighted by Gasteiger charge is -2.48. The Bertz CT molecular complexity index is 4020. The standard InChI is InChI=1S/C80H85BN2/c1-74(2,3)57-47-71-73-72(48-57)83(68-40-36-55(79(12,13)53-29-21-17-22-30-53)45-61(68)60-34-26-25-33-59(60)52-27-19-16-20-28-52)69-46-56(80(14,15)54-31-23-18-24-32-54)35-39-66(69)81(73)67-50-64-65(78(10,11)44-43-77(64,8)9)51-70(67)82(71)58-37-38-62-63(49-58)76(6,7)42-41-75(62,4)5/h16-40,45-51H,41-44H2,1-15H3. The molecular formula is C80H85BN2. The number of anilines is 6. The average Bonchev–Trinajstić information content (AvgIpc) is 0.921. The first-order chi connectivity index (χ1) is 39.3. The van der Waals surface area contributed by atoms with E-state index in [1.165, 1.54) is 129 Å². The van der Waals surface area contributed by atoms with E-state index in [1.807, 2.05) is 0 Å². The molecule has 0 N–H and O–H groups in total. The molecule has 0 radical (unpaired) electrons. The molecule has 4 aliphatic rings. The highest BCUT2D eigenvalue weighted by Gasteiger charge is 2.48. The molecule has 418 valence electrons. The van der Waals surface area contributed by atoms with Gasteiger partial charge in [0.15, 0.2) is 0 Å². The van der Waals surface area contributed by atoms with Gasteiger partial charge in [0.2, 0.25) is 0 Å². The van der Waals surface area contributed by atoms with Crippen molar-refractivity contribution in [1.29, 1.82) is 0 Å². The first-order valence-corrected chi connectivity index (χ1v) is 31.0. The maximum absolute atomic E-state index is 2.74. The van der Waals surface area contributed by atoms with E-state index in [1.54, 1.807) is 0 Å². The van der Waals surface area contributed by atoms with Crippen LogP contribution in [0.2, 0.25) is 0 Å². The second kappa shape index (κ2) is 19.1. The number of fused-ring (bicyclic) bond motifs is 6. The van der Waals surface area contributed by atoms with Crippen LogP contribution < -0.4 is 26.2 Å². The highest BCUT2D eigenvalue weighted by atomic mass is 15.2. The molecule has 9 aromatic carbocycles. The van der Waals surface area contributed by atoms with Gasteiger partial charge in [0.25, 0.3) is 6.71 Å². The molecule has 0 bridgehead atoms. The van der Waals surface area contributed by atoms with Gasteiger partial charge < -0.3 is 9.80 Å². The monoisotopic (exact) mass is 1080 g/mol. The summed E-state index contributed by atoms with van der Waals surface area (Å²) in [7, 11) is 0. The van der Waals surface area contributed by atoms with Crippen molar-refractivity contribution >= 4 is 57.2 Å². The number of rotatable bonds is 8. The van der Waals surface area contributed by atoms with Crippen molar-refractivity contribution in [3.63, 3.8) is 0 Å². The van der Waals surface area contributed by atoms with Crippen molar-refractivity contribution < 1.29 is 0 Å². The van der Waals surface area contributed by atoms with Crippen LogP contribution in [-0.2, 0) is 37.9 Å². The summed E-state index contributed by atoms with van der Waals surface area (Å²) in [6.45, 7) is 36.7. The Morgan fingerprint density at radius 1 is 0.325 bits per heavy atom. The molecule has 0 aromatic heterocycles. The van der Waals surface area contributed by atoms with Crippen LogP contribution in [0.25, 0.3) is 22.3 Å². The van der Waals surface area contributed by atoms with Gasteiger partial charge >= 0.3 is 0 Å². The molecule has 13 rings (SSSR count). The summed E-state index contributed by atoms with van der Waals surface area (Å²) < 4.78 is 0. The Morgan fingerprint density at radius 3 is 1.36 bits per heavy atom. The molecule has 0 spiro atoms. The summed E-state index contributed by atoms with van der Waals surface area (Å²) in [5.74, 6) is 0. The van der Waals surface area contributed by atoms with Gasteiger partial charge in [0, 0.05) is 44.8 Å². The quantitative estimate of drug-likeness (QED) is 0.140. The first-order valence-electron chi connectivity index (χ1n) is 31.0. The fourth-order valence-corrected chi connectivity index (χ4v) is 15.1. The molecule has 2 heterocycles. The topological polar surface area (TPSA) is 6.48 Å². The van der Waals surface area contributed by atoms with Gasteiger partial charge in [-0.2, -0.15) is 0 Å². The molecule has 0 fully saturated rings. The average molecular weight is 1090 g/mol. The van der Waals surface area contributed by atoms with Crippen molar-refractivity contribution in [2.24, 2.45) is 0 Å². The molecule has 2 aliphatic heterocycles. The molecule has 0 amide bonds. The summed E-state index contributed by atoms with van der Waals surface area (Å²) in [6, 6.07) is 75.7. The van der Waals surface area contributed by atoms with E-state index in [-0.39, 0.29) is 44.6 Å². The maximum Gasteiger partial charge on any atom is 0.252 e. The largest absolute Gasteiger partial charge is 0.311 e. The van der Waals surface area contributed by atoms with Crippen LogP contribution in [0.1, 0.15) is 180 Å². The number of hydrogen-bond acceptors (Lipinski definition) is 2. The van der Waals surface area contributed by atoms with Gasteiger partial charge in [-0.15, -0.1) is 0 Å². The zero-order chi connectivity index (χ0) is 58.4. The molecule has 9 aromatic rings. The van der Waals surface area contributed by atoms with Gasteiger partial charge in [0.1, 0.15) is 0 Å². The summed E-state index contributed by atoms with van der Waals surface area (Å²) >= 11 is 0. The van der Waals surface area contributed by atoms with Crippen molar-refractivity contribution in [3.05, 3.63) is 244 Å². The lowest BCUT2D eigenvalue weighted by molar-refractivity contribution is 0.332. The molecule has 0 unspecified atom stereocenters. The van der Waals surface area contributed by atoms with Gasteiger partial charge in [-0.1, -0.05) is 249 Å². The van der Waals surface area contributed by atoms with Crippen LogP contribution in [0.4, 0.5) is 34.1 Å². The molecule has 83 heavy (non-hydrogen) atoms. The highest BCUT2D eigenvalue weighted by Crippen LogP contribution is 2.55. The Hall–Kier alpha value is -7.36. The minimum absolute atomic E-state index is 0.00869. The van der Waals surface area contributed by atoms with Crippen LogP contribution in [-0.4, -0.2) is 6.71 Å². The van der Waals surface area contributed by atoms with E-state index in [4.69, 9.17) is 0 Å². The van der Waals surface area contributed by atoms with Crippen molar-refractivity contribution in [3.8, 4) is 22.3 Å². The lowest BCUT2D eigenvalue weighted by Crippen LogP contribution is -2.62. The van der Waals surface area contributed by atoms with Crippen LogP contribution in [0.5, 0.6) is 0 Å². The Morgan fingerprint density at radius 2 is 0.783 bits per heavy atom. The minimum atomic E-state index is -0.294. The molecule has 3 heteroatoms. The van der Waals surface area contributed by atoms with Crippen molar-refractivity contribution in [2.75, 3.05) is 9.80 Å². The third-order valence-electron chi connectivity index (χ3n) is 21.0. The molecule has 0 atom stereocenters. The third kappa shape index (κ3) is 8.88. The van der Waals surface area contributed by atoms with E-state index in [2.05, 4.69) is 308 Å². The normalized spacial score (nSPS) is 17.2. The van der Waals surface area contributed by atoms with Crippen LogP contribution in [0.3, 0.4) is 0 Å². The summed E-state index contributed by atoms with van der Waals surface area (Å²) in [5.41, 5.74) is 28.3. The number of benzene rings is 9. The predicted octanol–water partition coefficient (Wildman–Crippen LogP) is 19.8. The Kier molecular flexibility index (Phi) is 12.6. The van der Waals surface area contributed by atoms with Crippen molar-refractivity contribution in [2.45, 2.75) is 167 Å². The molecule has 0 saturated carbocycles. The molecular weight excluding hydrogens is 1000 g/mol. The molecule has 0 saturated heterocycles. The predicted molar refractivity (Wildman–Crippen MR) is 358 cm³/mol. The van der Waals surface area contributed by atoms with Gasteiger partial charge in [-0.3, -0.25) is 0 Å². The van der Waals surface area contributed by atoms with Crippen molar-refractivity contribution in [1.82, 2.24) is 0 Å². The third-order valence-corrected chi connectivity index (χ3v) is 21.0. The lowest BCUT2D eigenvalue weighted by atomic mass is 9.33. The van der Waals surface area contributed by atoms with Crippen LogP contribution >= 0.6 is 0 Å². The summed E-state index contributed by atoms with van der Waals surface area (Å²) in [6.07, 6.45) is 4.65. The van der Waals surface area contributed by atoms with E-state index in [9.17, 15) is 0 Å². The maximum atomic E-state index is 2.74. The van der Waals surface area contributed by atoms with E-state index < -0.39 is 0 Å². The zero-order valence-electron chi connectivity index (χ0n) is 52.3. The summed E-state index contributed by atoms with van der Waals surface area (Å²) in [4.78, 5) is 5.47. The van der Waals surface area contributed by atoms with E-state index in [0.717, 1.165) is 19.3 Å². The number of nitrogens with zero attached hydrogens (tertiary/aromatic N) is 2. The van der Waals surface area contributed by atoms with Gasteiger partial charge in [0.05, 0.1) is 5.69 Å². The molecule has 2 aliphatic carbocycles. The highest BCUT2D eigenvalue weighted by molar-refractivity contribution is 7.00. The Labute approximate surface area is 498 Å². The minimum Gasteiger partial charge on any atom is -0.311 e. The van der Waals surface area contributed by atoms with Crippen LogP contribution in [0.15, 0.2) is 194 Å². The summed E-state index contributed by atoms with van der Waals surface area (Å²) in [5, 5.41) is 0. The SMILES string of the molecule is CC(C)(C)c1cc2c3c(c1)N(c1ccc(C(C)(C)c4ccccc4)cc1-c1ccccc1-c1ccccc1)c1cc(C(C)(C)c4ccccc4)ccc1B3c1cc3c(cc1N2c1ccc2c(c1)C(C)(C)CCC2(C)C)C(C)(C)CCC3(C)C. The fraction of sp³-hybridized carbons (Fsp3) is 0.325. The Balaban J connectivity index is 1.18. The smallest absolute Gasteiger partial charge is 0.252 e. The van der Waals surface area contributed by atoms with E-state index >= 15 is 0 Å². The van der Waals surface area contributed by atoms with Gasteiger partial charge in [-0.05, 0) is 184 Å².